The minimum atomic E-state index is -4.56. The summed E-state index contributed by atoms with van der Waals surface area (Å²) < 4.78 is 64.8. The highest BCUT2D eigenvalue weighted by Gasteiger charge is 2.38. The first-order valence-corrected chi connectivity index (χ1v) is 12.6. The first-order chi connectivity index (χ1) is 17.0. The molecule has 2 fully saturated rings. The maximum atomic E-state index is 13.2. The summed E-state index contributed by atoms with van der Waals surface area (Å²) in [6.07, 6.45) is -2.57. The molecule has 4 rings (SSSR count). The molecular formula is C23H22F3N5O4S. The van der Waals surface area contributed by atoms with Crippen LogP contribution in [0.5, 0.6) is 0 Å². The molecule has 190 valence electrons. The molecule has 1 atom stereocenters. The summed E-state index contributed by atoms with van der Waals surface area (Å²) in [6.45, 7) is 0.432. The predicted molar refractivity (Wildman–Crippen MR) is 119 cm³/mol. The lowest BCUT2D eigenvalue weighted by Crippen LogP contribution is -2.49. The number of benzene rings is 1. The Morgan fingerprint density at radius 1 is 1.19 bits per heavy atom. The Hall–Kier alpha value is -3.50. The van der Waals surface area contributed by atoms with Crippen molar-refractivity contribution in [2.24, 2.45) is 5.92 Å². The van der Waals surface area contributed by atoms with Crippen molar-refractivity contribution >= 4 is 21.8 Å². The van der Waals surface area contributed by atoms with E-state index in [-0.39, 0.29) is 36.0 Å². The SMILES string of the molecule is N#CC1CN(S(=O)(=O)c2cccc(C(=O)N3CCC[C@@H]3C(=O)NCc3ccc(C(F)(F)F)nc3)c2)C1. The number of likely N-dealkylation sites (tertiary alicyclic amines) is 1. The second-order valence-corrected chi connectivity index (χ2v) is 10.5. The van der Waals surface area contributed by atoms with Gasteiger partial charge in [-0.3, -0.25) is 14.6 Å². The van der Waals surface area contributed by atoms with Crippen LogP contribution in [-0.2, 0) is 27.5 Å². The smallest absolute Gasteiger partial charge is 0.350 e. The minimum Gasteiger partial charge on any atom is -0.350 e. The molecule has 0 saturated carbocycles. The molecule has 13 heteroatoms. The van der Waals surface area contributed by atoms with E-state index in [1.807, 2.05) is 6.07 Å². The van der Waals surface area contributed by atoms with E-state index < -0.39 is 39.7 Å². The van der Waals surface area contributed by atoms with Crippen molar-refractivity contribution in [3.05, 3.63) is 59.4 Å². The van der Waals surface area contributed by atoms with Crippen LogP contribution in [0, 0.1) is 17.2 Å². The van der Waals surface area contributed by atoms with Crippen molar-refractivity contribution in [1.29, 1.82) is 5.26 Å². The quantitative estimate of drug-likeness (QED) is 0.622. The molecule has 0 radical (unpaired) electrons. The molecule has 0 aliphatic carbocycles. The second-order valence-electron chi connectivity index (χ2n) is 8.60. The Balaban J connectivity index is 1.42. The summed E-state index contributed by atoms with van der Waals surface area (Å²) in [5.41, 5.74) is -0.553. The van der Waals surface area contributed by atoms with Crippen molar-refractivity contribution in [3.63, 3.8) is 0 Å². The lowest BCUT2D eigenvalue weighted by Gasteiger charge is -2.34. The molecule has 0 unspecified atom stereocenters. The molecule has 1 N–H and O–H groups in total. The van der Waals surface area contributed by atoms with E-state index in [1.165, 1.54) is 39.5 Å². The summed E-state index contributed by atoms with van der Waals surface area (Å²) in [7, 11) is -3.85. The van der Waals surface area contributed by atoms with Gasteiger partial charge in [0, 0.05) is 37.9 Å². The Kier molecular flexibility index (Phi) is 7.01. The third kappa shape index (κ3) is 5.19. The number of alkyl halides is 3. The summed E-state index contributed by atoms with van der Waals surface area (Å²) in [6, 6.07) is 8.81. The van der Waals surface area contributed by atoms with Crippen molar-refractivity contribution in [2.75, 3.05) is 19.6 Å². The molecule has 36 heavy (non-hydrogen) atoms. The van der Waals surface area contributed by atoms with Crippen LogP contribution in [0.2, 0.25) is 0 Å². The van der Waals surface area contributed by atoms with Gasteiger partial charge in [-0.15, -0.1) is 0 Å². The van der Waals surface area contributed by atoms with Crippen LogP contribution in [0.1, 0.15) is 34.5 Å². The fraction of sp³-hybridized carbons (Fsp3) is 0.391. The Morgan fingerprint density at radius 2 is 1.94 bits per heavy atom. The highest BCUT2D eigenvalue weighted by Crippen LogP contribution is 2.28. The fourth-order valence-electron chi connectivity index (χ4n) is 4.11. The van der Waals surface area contributed by atoms with Crippen LogP contribution in [0.15, 0.2) is 47.5 Å². The standard InChI is InChI=1S/C23H22F3N5O4S/c24-23(25,26)20-7-6-15(11-28-20)12-29-21(32)19-5-2-8-31(19)22(33)17-3-1-4-18(9-17)36(34,35)30-13-16(10-27)14-30/h1,3-4,6-7,9,11,16,19H,2,5,8,12-14H2,(H,29,32)/t19-/m1/s1. The summed E-state index contributed by atoms with van der Waals surface area (Å²) in [5.74, 6) is -1.32. The number of nitrogens with zero attached hydrogens (tertiary/aromatic N) is 4. The van der Waals surface area contributed by atoms with Gasteiger partial charge in [-0.25, -0.2) is 8.42 Å². The highest BCUT2D eigenvalue weighted by molar-refractivity contribution is 7.89. The lowest BCUT2D eigenvalue weighted by molar-refractivity contribution is -0.141. The number of aromatic nitrogens is 1. The van der Waals surface area contributed by atoms with Crippen LogP contribution >= 0.6 is 0 Å². The van der Waals surface area contributed by atoms with Gasteiger partial charge in [0.1, 0.15) is 11.7 Å². The molecule has 1 aromatic carbocycles. The molecular weight excluding hydrogens is 499 g/mol. The number of nitriles is 1. The zero-order valence-electron chi connectivity index (χ0n) is 18.9. The van der Waals surface area contributed by atoms with Crippen LogP contribution < -0.4 is 5.32 Å². The van der Waals surface area contributed by atoms with Gasteiger partial charge in [-0.05, 0) is 42.7 Å². The number of sulfonamides is 1. The van der Waals surface area contributed by atoms with Crippen LogP contribution in [0.3, 0.4) is 0 Å². The Bertz CT molecular complexity index is 1300. The Morgan fingerprint density at radius 3 is 2.58 bits per heavy atom. The van der Waals surface area contributed by atoms with Gasteiger partial charge in [0.15, 0.2) is 0 Å². The van der Waals surface area contributed by atoms with Crippen LogP contribution in [0.4, 0.5) is 13.2 Å². The van der Waals surface area contributed by atoms with E-state index in [2.05, 4.69) is 10.3 Å². The molecule has 3 heterocycles. The van der Waals surface area contributed by atoms with Gasteiger partial charge in [0.05, 0.1) is 16.9 Å². The van der Waals surface area contributed by atoms with E-state index in [0.29, 0.717) is 24.9 Å². The summed E-state index contributed by atoms with van der Waals surface area (Å²) >= 11 is 0. The molecule has 2 aliphatic rings. The maximum Gasteiger partial charge on any atom is 0.433 e. The first-order valence-electron chi connectivity index (χ1n) is 11.1. The number of rotatable bonds is 6. The molecule has 9 nitrogen and oxygen atoms in total. The van der Waals surface area contributed by atoms with Gasteiger partial charge >= 0.3 is 6.18 Å². The second kappa shape index (κ2) is 9.87. The van der Waals surface area contributed by atoms with Crippen molar-refractivity contribution in [2.45, 2.75) is 36.5 Å². The zero-order chi connectivity index (χ0) is 26.1. The maximum absolute atomic E-state index is 13.2. The third-order valence-corrected chi connectivity index (χ3v) is 7.98. The van der Waals surface area contributed by atoms with Gasteiger partial charge < -0.3 is 10.2 Å². The van der Waals surface area contributed by atoms with Gasteiger partial charge in [0.2, 0.25) is 15.9 Å². The monoisotopic (exact) mass is 521 g/mol. The number of hydrogen-bond donors (Lipinski definition) is 1. The minimum absolute atomic E-state index is 0.0598. The van der Waals surface area contributed by atoms with Gasteiger partial charge in [0.25, 0.3) is 5.91 Å². The largest absolute Gasteiger partial charge is 0.433 e. The number of halogens is 3. The zero-order valence-corrected chi connectivity index (χ0v) is 19.7. The number of pyridine rings is 1. The number of amides is 2. The number of nitrogens with one attached hydrogen (secondary N) is 1. The molecule has 2 aromatic rings. The predicted octanol–water partition coefficient (Wildman–Crippen LogP) is 2.17. The average Bonchev–Trinajstić information content (AvgIpc) is 3.31. The van der Waals surface area contributed by atoms with E-state index >= 15 is 0 Å². The molecule has 2 saturated heterocycles. The van der Waals surface area contributed by atoms with Crippen molar-refractivity contribution in [1.82, 2.24) is 19.5 Å². The number of hydrogen-bond acceptors (Lipinski definition) is 6. The van der Waals surface area contributed by atoms with E-state index in [0.717, 1.165) is 12.3 Å². The van der Waals surface area contributed by atoms with Gasteiger partial charge in [-0.1, -0.05) is 12.1 Å². The summed E-state index contributed by atoms with van der Waals surface area (Å²) in [4.78, 5) is 30.6. The molecule has 2 amide bonds. The van der Waals surface area contributed by atoms with E-state index in [1.54, 1.807) is 0 Å². The fourth-order valence-corrected chi connectivity index (χ4v) is 5.68. The number of carbonyl (C=O) groups excluding carboxylic acids is 2. The van der Waals surface area contributed by atoms with E-state index in [9.17, 15) is 31.2 Å². The number of carbonyl (C=O) groups is 2. The molecule has 0 spiro atoms. The first kappa shape index (κ1) is 25.6. The van der Waals surface area contributed by atoms with Crippen LogP contribution in [-0.4, -0.2) is 60.1 Å². The molecule has 0 bridgehead atoms. The third-order valence-electron chi connectivity index (χ3n) is 6.15. The Labute approximate surface area is 205 Å². The van der Waals surface area contributed by atoms with Crippen molar-refractivity contribution in [3.8, 4) is 6.07 Å². The van der Waals surface area contributed by atoms with E-state index in [4.69, 9.17) is 5.26 Å². The topological polar surface area (TPSA) is 123 Å². The molecule has 1 aromatic heterocycles. The highest BCUT2D eigenvalue weighted by atomic mass is 32.2. The lowest BCUT2D eigenvalue weighted by atomic mass is 10.1. The average molecular weight is 522 g/mol. The van der Waals surface area contributed by atoms with Gasteiger partial charge in [-0.2, -0.15) is 22.7 Å². The normalized spacial score (nSPS) is 18.9. The molecule has 2 aliphatic heterocycles. The summed E-state index contributed by atoms with van der Waals surface area (Å²) in [5, 5.41) is 11.5. The van der Waals surface area contributed by atoms with Crippen LogP contribution in [0.25, 0.3) is 0 Å². The van der Waals surface area contributed by atoms with Crippen molar-refractivity contribution < 1.29 is 31.2 Å².